The minimum Gasteiger partial charge on any atom is -0.355 e. The van der Waals surface area contributed by atoms with Gasteiger partial charge in [-0.25, -0.2) is 18.3 Å². The summed E-state index contributed by atoms with van der Waals surface area (Å²) in [5.41, 5.74) is -3.59. The van der Waals surface area contributed by atoms with E-state index in [-0.39, 0.29) is 40.5 Å². The molecule has 2 aliphatic rings. The van der Waals surface area contributed by atoms with Gasteiger partial charge in [0, 0.05) is 31.0 Å². The first kappa shape index (κ1) is 27.8. The van der Waals surface area contributed by atoms with Gasteiger partial charge in [-0.05, 0) is 44.9 Å². The number of anilines is 2. The molecule has 2 aromatic heterocycles. The van der Waals surface area contributed by atoms with Gasteiger partial charge in [-0.3, -0.25) is 4.79 Å². The molecule has 1 aromatic carbocycles. The largest absolute Gasteiger partial charge is 0.401 e. The van der Waals surface area contributed by atoms with Crippen molar-refractivity contribution in [1.82, 2.24) is 19.9 Å². The molecule has 0 bridgehead atoms. The molecule has 7 nitrogen and oxygen atoms in total. The molecule has 1 amide bonds. The van der Waals surface area contributed by atoms with Crippen molar-refractivity contribution in [3.8, 4) is 0 Å². The summed E-state index contributed by atoms with van der Waals surface area (Å²) in [5, 5.41) is 6.48. The number of carbonyl (C=O) groups is 1. The van der Waals surface area contributed by atoms with Crippen molar-refractivity contribution in [1.29, 1.82) is 0 Å². The third kappa shape index (κ3) is 4.22. The van der Waals surface area contributed by atoms with Gasteiger partial charge in [0.05, 0.1) is 30.6 Å². The van der Waals surface area contributed by atoms with Crippen molar-refractivity contribution in [3.05, 3.63) is 52.9 Å². The molecular formula is C25H26ClF5N5O2P. The van der Waals surface area contributed by atoms with E-state index in [4.69, 9.17) is 11.6 Å². The second-order valence-electron chi connectivity index (χ2n) is 11.0. The number of carbonyl (C=O) groups excluding carboxylic acids is 1. The lowest BCUT2D eigenvalue weighted by Gasteiger charge is -2.28. The second-order valence-corrected chi connectivity index (χ2v) is 15.0. The van der Waals surface area contributed by atoms with Crippen LogP contribution in [0, 0.1) is 5.41 Å². The standard InChI is InChI=1S/C25H26ClF5N5O2P/c1-22(25(29,30)31)13-35(16-12-33-18-11-17(26)34-36(18)20(16)22)15-7-5-14(6-8-15)19-23(2,24(19,27)28)21(37)32-9-10-39(3,4)38/h5-8,11-12,19H,9-10,13H2,1-4H3,(H,32,37)/t19-,22-,23+/m1/s1. The Morgan fingerprint density at radius 1 is 1.21 bits per heavy atom. The molecule has 0 unspecified atom stereocenters. The Hall–Kier alpha value is -2.72. The molecule has 5 rings (SSSR count). The van der Waals surface area contributed by atoms with E-state index in [2.05, 4.69) is 15.4 Å². The highest BCUT2D eigenvalue weighted by Crippen LogP contribution is 2.71. The van der Waals surface area contributed by atoms with Gasteiger partial charge in [-0.1, -0.05) is 23.7 Å². The Kier molecular flexibility index (Phi) is 6.16. The van der Waals surface area contributed by atoms with Crippen LogP contribution >= 0.6 is 18.7 Å². The normalized spacial score (nSPS) is 26.1. The van der Waals surface area contributed by atoms with Crippen molar-refractivity contribution in [2.45, 2.75) is 37.3 Å². The number of aromatic nitrogens is 3. The summed E-state index contributed by atoms with van der Waals surface area (Å²) in [7, 11) is -2.42. The topological polar surface area (TPSA) is 79.6 Å². The lowest BCUT2D eigenvalue weighted by molar-refractivity contribution is -0.181. The Labute approximate surface area is 226 Å². The summed E-state index contributed by atoms with van der Waals surface area (Å²) >= 11 is 5.95. The monoisotopic (exact) mass is 589 g/mol. The van der Waals surface area contributed by atoms with E-state index in [1.54, 1.807) is 13.3 Å². The van der Waals surface area contributed by atoms with Crippen LogP contribution in [0.4, 0.5) is 33.3 Å². The molecular weight excluding hydrogens is 564 g/mol. The van der Waals surface area contributed by atoms with E-state index < -0.39 is 48.4 Å². The molecule has 3 heterocycles. The Morgan fingerprint density at radius 3 is 2.44 bits per heavy atom. The lowest BCUT2D eigenvalue weighted by Crippen LogP contribution is -2.43. The number of halogens is 6. The predicted molar refractivity (Wildman–Crippen MR) is 138 cm³/mol. The van der Waals surface area contributed by atoms with Gasteiger partial charge in [0.1, 0.15) is 10.8 Å². The lowest BCUT2D eigenvalue weighted by atomic mass is 9.87. The minimum absolute atomic E-state index is 0.000856. The second kappa shape index (κ2) is 8.64. The van der Waals surface area contributed by atoms with E-state index >= 15 is 0 Å². The number of fused-ring (bicyclic) bond motifs is 3. The molecule has 210 valence electrons. The Balaban J connectivity index is 1.44. The van der Waals surface area contributed by atoms with Crippen molar-refractivity contribution in [2.24, 2.45) is 5.41 Å². The summed E-state index contributed by atoms with van der Waals surface area (Å²) in [4.78, 5) is 18.3. The third-order valence-corrected chi connectivity index (χ3v) is 9.33. The van der Waals surface area contributed by atoms with Gasteiger partial charge in [0.15, 0.2) is 10.8 Å². The molecule has 3 atom stereocenters. The number of nitrogens with zero attached hydrogens (tertiary/aromatic N) is 4. The fraction of sp³-hybridized carbons (Fsp3) is 0.480. The summed E-state index contributed by atoms with van der Waals surface area (Å²) < 4.78 is 86.0. The van der Waals surface area contributed by atoms with Gasteiger partial charge in [-0.2, -0.15) is 18.3 Å². The van der Waals surface area contributed by atoms with Crippen LogP contribution in [0.25, 0.3) is 5.65 Å². The molecule has 0 saturated heterocycles. The molecule has 14 heteroatoms. The fourth-order valence-corrected chi connectivity index (χ4v) is 6.19. The molecule has 0 spiro atoms. The highest BCUT2D eigenvalue weighted by atomic mass is 35.5. The molecule has 1 N–H and O–H groups in total. The molecule has 3 aromatic rings. The maximum Gasteiger partial charge on any atom is 0.401 e. The average molecular weight is 590 g/mol. The molecule has 1 aliphatic heterocycles. The van der Waals surface area contributed by atoms with E-state index in [0.717, 1.165) is 11.4 Å². The van der Waals surface area contributed by atoms with Crippen molar-refractivity contribution < 1.29 is 31.3 Å². The number of amides is 1. The number of hydrogen-bond donors (Lipinski definition) is 1. The zero-order valence-corrected chi connectivity index (χ0v) is 23.1. The smallest absolute Gasteiger partial charge is 0.355 e. The van der Waals surface area contributed by atoms with Gasteiger partial charge in [0.25, 0.3) is 5.92 Å². The third-order valence-electron chi connectivity index (χ3n) is 7.84. The van der Waals surface area contributed by atoms with Gasteiger partial charge >= 0.3 is 6.18 Å². The van der Waals surface area contributed by atoms with Gasteiger partial charge < -0.3 is 14.8 Å². The van der Waals surface area contributed by atoms with Crippen LogP contribution in [0.2, 0.25) is 5.15 Å². The molecule has 1 aliphatic carbocycles. The Bertz CT molecular complexity index is 1520. The number of benzene rings is 1. The fourth-order valence-electron chi connectivity index (χ4n) is 5.37. The Morgan fingerprint density at radius 2 is 1.85 bits per heavy atom. The summed E-state index contributed by atoms with van der Waals surface area (Å²) in [6, 6.07) is 7.08. The van der Waals surface area contributed by atoms with Crippen molar-refractivity contribution >= 4 is 41.7 Å². The van der Waals surface area contributed by atoms with Crippen LogP contribution < -0.4 is 10.2 Å². The first-order valence-electron chi connectivity index (χ1n) is 12.1. The van der Waals surface area contributed by atoms with Gasteiger partial charge in [-0.15, -0.1) is 0 Å². The van der Waals surface area contributed by atoms with Crippen LogP contribution in [0.5, 0.6) is 0 Å². The quantitative estimate of drug-likeness (QED) is 0.289. The van der Waals surface area contributed by atoms with E-state index in [9.17, 15) is 31.3 Å². The molecule has 1 saturated carbocycles. The molecule has 39 heavy (non-hydrogen) atoms. The predicted octanol–water partition coefficient (Wildman–Crippen LogP) is 5.83. The summed E-state index contributed by atoms with van der Waals surface area (Å²) in [5.74, 6) is -5.57. The highest BCUT2D eigenvalue weighted by Gasteiger charge is 2.82. The van der Waals surface area contributed by atoms with Crippen LogP contribution in [-0.4, -0.2) is 65.2 Å². The average Bonchev–Trinajstić information content (AvgIpc) is 3.10. The maximum absolute atomic E-state index is 14.9. The first-order chi connectivity index (χ1) is 17.9. The maximum atomic E-state index is 14.9. The van der Waals surface area contributed by atoms with Crippen LogP contribution in [0.15, 0.2) is 36.5 Å². The summed E-state index contributed by atoms with van der Waals surface area (Å²) in [6.07, 6.45) is -3.13. The van der Waals surface area contributed by atoms with Crippen LogP contribution in [0.1, 0.15) is 31.0 Å². The van der Waals surface area contributed by atoms with E-state index in [1.807, 2.05) is 0 Å². The van der Waals surface area contributed by atoms with Crippen molar-refractivity contribution in [3.63, 3.8) is 0 Å². The zero-order chi connectivity index (χ0) is 28.8. The summed E-state index contributed by atoms with van der Waals surface area (Å²) in [6.45, 7) is 4.89. The molecule has 0 radical (unpaired) electrons. The zero-order valence-electron chi connectivity index (χ0n) is 21.5. The van der Waals surface area contributed by atoms with Crippen LogP contribution in [-0.2, 0) is 14.8 Å². The van der Waals surface area contributed by atoms with E-state index in [1.165, 1.54) is 48.4 Å². The van der Waals surface area contributed by atoms with Crippen LogP contribution in [0.3, 0.4) is 0 Å². The first-order valence-corrected chi connectivity index (χ1v) is 15.3. The van der Waals surface area contributed by atoms with E-state index in [0.29, 0.717) is 5.69 Å². The number of hydrogen-bond acceptors (Lipinski definition) is 5. The van der Waals surface area contributed by atoms with Crippen molar-refractivity contribution in [2.75, 3.05) is 37.5 Å². The SMILES string of the molecule is C[C@@]1(C(F)(F)F)CN(c2ccc([C@H]3C(F)(F)[C@]3(C)C(=O)NCCP(C)(C)=O)cc2)c2cnc3cc(Cl)nn3c21. The number of rotatable bonds is 6. The molecule has 1 fully saturated rings. The highest BCUT2D eigenvalue weighted by molar-refractivity contribution is 7.62. The van der Waals surface area contributed by atoms with Gasteiger partial charge in [0.2, 0.25) is 5.91 Å². The number of alkyl halides is 5. The minimum atomic E-state index is -4.64. The number of nitrogens with one attached hydrogen (secondary N) is 1.